The maximum absolute atomic E-state index is 13.3. The van der Waals surface area contributed by atoms with Crippen molar-refractivity contribution in [1.29, 1.82) is 0 Å². The van der Waals surface area contributed by atoms with E-state index in [9.17, 15) is 13.6 Å². The maximum atomic E-state index is 13.3. The second-order valence-electron chi connectivity index (χ2n) is 4.83. The van der Waals surface area contributed by atoms with Crippen molar-refractivity contribution >= 4 is 5.91 Å². The number of carbonyl (C=O) groups is 1. The second-order valence-corrected chi connectivity index (χ2v) is 4.83. The molecule has 1 aromatic rings. The smallest absolute Gasteiger partial charge is 0.221 e. The lowest BCUT2D eigenvalue weighted by molar-refractivity contribution is -0.121. The molecule has 0 bridgehead atoms. The Bertz CT molecular complexity index is 445. The van der Waals surface area contributed by atoms with Crippen LogP contribution in [0.1, 0.15) is 24.8 Å². The van der Waals surface area contributed by atoms with E-state index in [1.807, 2.05) is 0 Å². The van der Waals surface area contributed by atoms with Crippen molar-refractivity contribution in [2.75, 3.05) is 13.1 Å². The van der Waals surface area contributed by atoms with Gasteiger partial charge in [0.2, 0.25) is 5.91 Å². The highest BCUT2D eigenvalue weighted by Crippen LogP contribution is 2.10. The van der Waals surface area contributed by atoms with Crippen molar-refractivity contribution in [1.82, 2.24) is 10.6 Å². The Kier molecular flexibility index (Phi) is 4.85. The first kappa shape index (κ1) is 13.9. The Morgan fingerprint density at radius 3 is 2.95 bits per heavy atom. The maximum Gasteiger partial charge on any atom is 0.221 e. The summed E-state index contributed by atoms with van der Waals surface area (Å²) in [5, 5.41) is 6.01. The third-order valence-electron chi connectivity index (χ3n) is 3.33. The molecule has 1 aliphatic rings. The third-order valence-corrected chi connectivity index (χ3v) is 3.33. The lowest BCUT2D eigenvalue weighted by Crippen LogP contribution is -2.32. The van der Waals surface area contributed by atoms with E-state index >= 15 is 0 Å². The molecule has 1 fully saturated rings. The van der Waals surface area contributed by atoms with Crippen LogP contribution in [0, 0.1) is 11.6 Å². The summed E-state index contributed by atoms with van der Waals surface area (Å²) in [4.78, 5) is 11.6. The monoisotopic (exact) mass is 268 g/mol. The van der Waals surface area contributed by atoms with Gasteiger partial charge < -0.3 is 10.6 Å². The Labute approximate surface area is 111 Å². The molecule has 1 atom stereocenters. The highest BCUT2D eigenvalue weighted by molar-refractivity contribution is 5.76. The van der Waals surface area contributed by atoms with Crippen LogP contribution in [-0.2, 0) is 11.2 Å². The molecule has 1 heterocycles. The van der Waals surface area contributed by atoms with E-state index in [1.165, 1.54) is 12.1 Å². The SMILES string of the molecule is O=C(CC1CCCN1)NCCc1ccc(F)cc1F. The standard InChI is InChI=1S/C14H18F2N2O/c15-11-4-3-10(13(16)8-11)5-7-18-14(19)9-12-2-1-6-17-12/h3-4,8,12,17H,1-2,5-7,9H2,(H,18,19). The van der Waals surface area contributed by atoms with Gasteiger partial charge in [-0.05, 0) is 37.4 Å². The molecule has 1 saturated heterocycles. The van der Waals surface area contributed by atoms with E-state index in [1.54, 1.807) is 0 Å². The summed E-state index contributed by atoms with van der Waals surface area (Å²) >= 11 is 0. The number of nitrogens with one attached hydrogen (secondary N) is 2. The molecule has 1 aliphatic heterocycles. The molecule has 0 radical (unpaired) electrons. The van der Waals surface area contributed by atoms with E-state index in [-0.39, 0.29) is 11.9 Å². The van der Waals surface area contributed by atoms with Crippen molar-refractivity contribution in [3.63, 3.8) is 0 Å². The summed E-state index contributed by atoms with van der Waals surface area (Å²) in [5.41, 5.74) is 0.417. The van der Waals surface area contributed by atoms with Crippen LogP contribution in [0.4, 0.5) is 8.78 Å². The van der Waals surface area contributed by atoms with Crippen LogP contribution in [0.5, 0.6) is 0 Å². The Morgan fingerprint density at radius 2 is 2.26 bits per heavy atom. The van der Waals surface area contributed by atoms with Crippen LogP contribution >= 0.6 is 0 Å². The van der Waals surface area contributed by atoms with Gasteiger partial charge in [-0.1, -0.05) is 6.07 Å². The van der Waals surface area contributed by atoms with Crippen molar-refractivity contribution in [3.05, 3.63) is 35.4 Å². The van der Waals surface area contributed by atoms with Gasteiger partial charge in [-0.25, -0.2) is 8.78 Å². The molecule has 0 saturated carbocycles. The first-order chi connectivity index (χ1) is 9.15. The number of amides is 1. The predicted molar refractivity (Wildman–Crippen MR) is 68.7 cm³/mol. The second kappa shape index (κ2) is 6.61. The molecule has 1 aromatic carbocycles. The number of benzene rings is 1. The molecule has 19 heavy (non-hydrogen) atoms. The number of hydrogen-bond donors (Lipinski definition) is 2. The zero-order valence-electron chi connectivity index (χ0n) is 10.7. The predicted octanol–water partition coefficient (Wildman–Crippen LogP) is 1.77. The van der Waals surface area contributed by atoms with Crippen LogP contribution < -0.4 is 10.6 Å². The zero-order chi connectivity index (χ0) is 13.7. The minimum Gasteiger partial charge on any atom is -0.356 e. The molecule has 0 aliphatic carbocycles. The number of halogens is 2. The normalized spacial score (nSPS) is 18.5. The van der Waals surface area contributed by atoms with Gasteiger partial charge in [0.25, 0.3) is 0 Å². The van der Waals surface area contributed by atoms with Crippen LogP contribution in [0.15, 0.2) is 18.2 Å². The largest absolute Gasteiger partial charge is 0.356 e. The Balaban J connectivity index is 1.72. The van der Waals surface area contributed by atoms with Gasteiger partial charge in [-0.2, -0.15) is 0 Å². The van der Waals surface area contributed by atoms with Gasteiger partial charge in [0.15, 0.2) is 0 Å². The molecule has 0 spiro atoms. The summed E-state index contributed by atoms with van der Waals surface area (Å²) < 4.78 is 26.0. The van der Waals surface area contributed by atoms with Gasteiger partial charge in [-0.3, -0.25) is 4.79 Å². The van der Waals surface area contributed by atoms with Gasteiger partial charge >= 0.3 is 0 Å². The molecule has 3 nitrogen and oxygen atoms in total. The van der Waals surface area contributed by atoms with Gasteiger partial charge in [0.1, 0.15) is 11.6 Å². The van der Waals surface area contributed by atoms with Gasteiger partial charge in [0, 0.05) is 25.1 Å². The topological polar surface area (TPSA) is 41.1 Å². The first-order valence-corrected chi connectivity index (χ1v) is 6.59. The van der Waals surface area contributed by atoms with Crippen molar-refractivity contribution in [2.45, 2.75) is 31.7 Å². The third kappa shape index (κ3) is 4.28. The fraction of sp³-hybridized carbons (Fsp3) is 0.500. The summed E-state index contributed by atoms with van der Waals surface area (Å²) in [7, 11) is 0. The minimum absolute atomic E-state index is 0.0260. The average Bonchev–Trinajstić information content (AvgIpc) is 2.84. The molecule has 0 aromatic heterocycles. The lowest BCUT2D eigenvalue weighted by atomic mass is 10.1. The van der Waals surface area contributed by atoms with Crippen molar-refractivity contribution in [3.8, 4) is 0 Å². The fourth-order valence-electron chi connectivity index (χ4n) is 2.29. The van der Waals surface area contributed by atoms with Crippen LogP contribution in [0.2, 0.25) is 0 Å². The molecule has 1 amide bonds. The molecular weight excluding hydrogens is 250 g/mol. The number of rotatable bonds is 5. The molecule has 2 rings (SSSR count). The zero-order valence-corrected chi connectivity index (χ0v) is 10.7. The fourth-order valence-corrected chi connectivity index (χ4v) is 2.29. The number of hydrogen-bond acceptors (Lipinski definition) is 2. The van der Waals surface area contributed by atoms with E-state index in [4.69, 9.17) is 0 Å². The summed E-state index contributed by atoms with van der Waals surface area (Å²) in [6.07, 6.45) is 2.97. The van der Waals surface area contributed by atoms with Gasteiger partial charge in [0.05, 0.1) is 0 Å². The van der Waals surface area contributed by atoms with E-state index in [0.29, 0.717) is 24.9 Å². The highest BCUT2D eigenvalue weighted by Gasteiger charge is 2.17. The van der Waals surface area contributed by atoms with Crippen molar-refractivity contribution in [2.24, 2.45) is 0 Å². The van der Waals surface area contributed by atoms with Gasteiger partial charge in [-0.15, -0.1) is 0 Å². The van der Waals surface area contributed by atoms with Crippen LogP contribution in [0.25, 0.3) is 0 Å². The van der Waals surface area contributed by atoms with Crippen LogP contribution in [0.3, 0.4) is 0 Å². The Hall–Kier alpha value is -1.49. The summed E-state index contributed by atoms with van der Waals surface area (Å²) in [5.74, 6) is -1.17. The molecular formula is C14H18F2N2O. The average molecular weight is 268 g/mol. The molecule has 2 N–H and O–H groups in total. The molecule has 1 unspecified atom stereocenters. The first-order valence-electron chi connectivity index (χ1n) is 6.59. The quantitative estimate of drug-likeness (QED) is 0.854. The van der Waals surface area contributed by atoms with E-state index in [0.717, 1.165) is 25.5 Å². The van der Waals surface area contributed by atoms with Crippen molar-refractivity contribution < 1.29 is 13.6 Å². The molecule has 104 valence electrons. The van der Waals surface area contributed by atoms with E-state index < -0.39 is 11.6 Å². The number of carbonyl (C=O) groups excluding carboxylic acids is 1. The summed E-state index contributed by atoms with van der Waals surface area (Å²) in [6, 6.07) is 3.76. The minimum atomic E-state index is -0.586. The van der Waals surface area contributed by atoms with Crippen LogP contribution in [-0.4, -0.2) is 25.0 Å². The highest BCUT2D eigenvalue weighted by atomic mass is 19.1. The lowest BCUT2D eigenvalue weighted by Gasteiger charge is -2.10. The Morgan fingerprint density at radius 1 is 1.42 bits per heavy atom. The summed E-state index contributed by atoms with van der Waals surface area (Å²) in [6.45, 7) is 1.34. The van der Waals surface area contributed by atoms with E-state index in [2.05, 4.69) is 10.6 Å². The molecule has 5 heteroatoms.